The summed E-state index contributed by atoms with van der Waals surface area (Å²) in [4.78, 5) is 38.3. The van der Waals surface area contributed by atoms with E-state index in [0.29, 0.717) is 19.3 Å². The standard InChI is InChI=1S/C71H122O6/c1-4-7-10-13-16-19-22-25-27-29-31-32-33-34-35-36-37-38-39-40-41-43-44-46-49-52-55-58-61-64-70(73)76-67-68(66-75-69(72)63-60-57-54-51-48-24-21-18-15-12-9-6-3)77-71(74)65-62-59-56-53-50-47-45-42-30-28-26-23-20-17-14-11-8-5-2/h7,10,16,19-20,23,25,27-28,30-32,34-35,37-38,68H,4-6,8-9,11-15,17-18,21-22,24,26,29,33,36,39-67H2,1-3H3/b10-7-,19-16-,23-20-,27-25-,30-28-,32-31-,35-34-,38-37-. The summed E-state index contributed by atoms with van der Waals surface area (Å²) in [6.07, 6.45) is 87.0. The average Bonchev–Trinajstić information content (AvgIpc) is 3.43. The highest BCUT2D eigenvalue weighted by Gasteiger charge is 2.19. The smallest absolute Gasteiger partial charge is 0.306 e. The predicted molar refractivity (Wildman–Crippen MR) is 334 cm³/mol. The fraction of sp³-hybridized carbons (Fsp3) is 0.732. The first kappa shape index (κ1) is 73.3. The number of unbranched alkanes of at least 4 members (excludes halogenated alkanes) is 32. The van der Waals surface area contributed by atoms with Crippen molar-refractivity contribution in [1.82, 2.24) is 0 Å². The first-order chi connectivity index (χ1) is 38.0. The molecule has 0 aromatic carbocycles. The Labute approximate surface area is 477 Å². The van der Waals surface area contributed by atoms with Gasteiger partial charge in [0.1, 0.15) is 13.2 Å². The molecular formula is C71H122O6. The number of rotatable bonds is 59. The van der Waals surface area contributed by atoms with E-state index in [0.717, 1.165) is 109 Å². The molecule has 0 radical (unpaired) electrons. The maximum absolute atomic E-state index is 12.9. The molecule has 0 N–H and O–H groups in total. The van der Waals surface area contributed by atoms with Crippen molar-refractivity contribution in [3.05, 3.63) is 97.2 Å². The van der Waals surface area contributed by atoms with Crippen LogP contribution in [0.25, 0.3) is 0 Å². The molecule has 0 rings (SSSR count). The number of esters is 3. The highest BCUT2D eigenvalue weighted by molar-refractivity contribution is 5.71. The van der Waals surface area contributed by atoms with Gasteiger partial charge in [-0.05, 0) is 103 Å². The second kappa shape index (κ2) is 64.9. The molecule has 0 fully saturated rings. The number of carbonyl (C=O) groups excluding carboxylic acids is 3. The maximum Gasteiger partial charge on any atom is 0.306 e. The number of ether oxygens (including phenoxy) is 3. The topological polar surface area (TPSA) is 78.9 Å². The summed E-state index contributed by atoms with van der Waals surface area (Å²) in [5.74, 6) is -0.880. The molecule has 0 aliphatic carbocycles. The minimum absolute atomic E-state index is 0.0788. The van der Waals surface area contributed by atoms with Gasteiger partial charge in [0, 0.05) is 19.3 Å². The van der Waals surface area contributed by atoms with Crippen molar-refractivity contribution in [3.8, 4) is 0 Å². The molecule has 1 atom stereocenters. The van der Waals surface area contributed by atoms with Crippen LogP contribution >= 0.6 is 0 Å². The number of hydrogen-bond donors (Lipinski definition) is 0. The van der Waals surface area contributed by atoms with Crippen LogP contribution in [-0.2, 0) is 28.6 Å². The summed E-state index contributed by atoms with van der Waals surface area (Å²) in [5, 5.41) is 0. The van der Waals surface area contributed by atoms with E-state index in [1.54, 1.807) is 0 Å². The summed E-state index contributed by atoms with van der Waals surface area (Å²) < 4.78 is 16.9. The fourth-order valence-electron chi connectivity index (χ4n) is 9.18. The first-order valence-corrected chi connectivity index (χ1v) is 32.7. The molecule has 0 aromatic heterocycles. The second-order valence-corrected chi connectivity index (χ2v) is 21.6. The molecule has 0 saturated carbocycles. The first-order valence-electron chi connectivity index (χ1n) is 32.7. The van der Waals surface area contributed by atoms with Crippen molar-refractivity contribution in [2.24, 2.45) is 0 Å². The van der Waals surface area contributed by atoms with Gasteiger partial charge in [0.25, 0.3) is 0 Å². The van der Waals surface area contributed by atoms with Gasteiger partial charge in [0.2, 0.25) is 0 Å². The molecule has 0 saturated heterocycles. The van der Waals surface area contributed by atoms with E-state index in [1.807, 2.05) is 0 Å². The molecular weight excluding hydrogens is 949 g/mol. The van der Waals surface area contributed by atoms with E-state index >= 15 is 0 Å². The average molecular weight is 1070 g/mol. The van der Waals surface area contributed by atoms with E-state index in [4.69, 9.17) is 14.2 Å². The van der Waals surface area contributed by atoms with Gasteiger partial charge in [0.05, 0.1) is 0 Å². The molecule has 0 spiro atoms. The minimum atomic E-state index is -0.783. The third kappa shape index (κ3) is 63.0. The molecule has 1 unspecified atom stereocenters. The highest BCUT2D eigenvalue weighted by Crippen LogP contribution is 2.16. The summed E-state index contributed by atoms with van der Waals surface area (Å²) in [6.45, 7) is 6.52. The third-order valence-corrected chi connectivity index (χ3v) is 14.1. The maximum atomic E-state index is 12.9. The van der Waals surface area contributed by atoms with Gasteiger partial charge in [-0.15, -0.1) is 0 Å². The van der Waals surface area contributed by atoms with Crippen molar-refractivity contribution in [1.29, 1.82) is 0 Å². The van der Waals surface area contributed by atoms with Crippen LogP contribution in [-0.4, -0.2) is 37.2 Å². The van der Waals surface area contributed by atoms with E-state index in [1.165, 1.54) is 167 Å². The van der Waals surface area contributed by atoms with Crippen molar-refractivity contribution in [2.75, 3.05) is 13.2 Å². The monoisotopic (exact) mass is 1070 g/mol. The zero-order valence-electron chi connectivity index (χ0n) is 50.7. The van der Waals surface area contributed by atoms with E-state index in [9.17, 15) is 14.4 Å². The Hall–Kier alpha value is -3.67. The van der Waals surface area contributed by atoms with Gasteiger partial charge < -0.3 is 14.2 Å². The Morgan fingerprint density at radius 2 is 0.506 bits per heavy atom. The largest absolute Gasteiger partial charge is 0.462 e. The van der Waals surface area contributed by atoms with Crippen LogP contribution in [0.1, 0.15) is 316 Å². The third-order valence-electron chi connectivity index (χ3n) is 14.1. The van der Waals surface area contributed by atoms with E-state index in [2.05, 4.69) is 118 Å². The van der Waals surface area contributed by atoms with Gasteiger partial charge in [-0.25, -0.2) is 0 Å². The lowest BCUT2D eigenvalue weighted by atomic mass is 10.0. The quantitative estimate of drug-likeness (QED) is 0.0261. The summed E-state index contributed by atoms with van der Waals surface area (Å²) in [6, 6.07) is 0. The van der Waals surface area contributed by atoms with Gasteiger partial charge in [-0.2, -0.15) is 0 Å². The fourth-order valence-corrected chi connectivity index (χ4v) is 9.18. The van der Waals surface area contributed by atoms with Crippen LogP contribution in [0.2, 0.25) is 0 Å². The van der Waals surface area contributed by atoms with Crippen molar-refractivity contribution in [3.63, 3.8) is 0 Å². The van der Waals surface area contributed by atoms with Crippen LogP contribution in [0.5, 0.6) is 0 Å². The Morgan fingerprint density at radius 3 is 0.805 bits per heavy atom. The van der Waals surface area contributed by atoms with Gasteiger partial charge in [-0.1, -0.05) is 291 Å². The van der Waals surface area contributed by atoms with Gasteiger partial charge >= 0.3 is 17.9 Å². The second-order valence-electron chi connectivity index (χ2n) is 21.6. The van der Waals surface area contributed by atoms with Crippen LogP contribution in [0.15, 0.2) is 97.2 Å². The lowest BCUT2D eigenvalue weighted by Gasteiger charge is -2.18. The Morgan fingerprint density at radius 1 is 0.273 bits per heavy atom. The minimum Gasteiger partial charge on any atom is -0.462 e. The van der Waals surface area contributed by atoms with E-state index in [-0.39, 0.29) is 31.1 Å². The Balaban J connectivity index is 4.28. The zero-order chi connectivity index (χ0) is 55.7. The van der Waals surface area contributed by atoms with Crippen molar-refractivity contribution in [2.45, 2.75) is 322 Å². The predicted octanol–water partition coefficient (Wildman–Crippen LogP) is 22.4. The van der Waals surface area contributed by atoms with Gasteiger partial charge in [-0.3, -0.25) is 14.4 Å². The molecule has 6 nitrogen and oxygen atoms in total. The number of hydrogen-bond acceptors (Lipinski definition) is 6. The summed E-state index contributed by atoms with van der Waals surface area (Å²) >= 11 is 0. The Kier molecular flexibility index (Phi) is 61.8. The molecule has 0 heterocycles. The molecule has 77 heavy (non-hydrogen) atoms. The highest BCUT2D eigenvalue weighted by atomic mass is 16.6. The molecule has 0 aliphatic heterocycles. The summed E-state index contributed by atoms with van der Waals surface area (Å²) in [7, 11) is 0. The van der Waals surface area contributed by atoms with Crippen LogP contribution in [0.4, 0.5) is 0 Å². The zero-order valence-corrected chi connectivity index (χ0v) is 50.7. The number of carbonyl (C=O) groups is 3. The molecule has 0 bridgehead atoms. The molecule has 442 valence electrons. The molecule has 6 heteroatoms. The molecule has 0 aromatic rings. The molecule has 0 aliphatic rings. The Bertz CT molecular complexity index is 1510. The normalized spacial score (nSPS) is 12.7. The molecule has 0 amide bonds. The van der Waals surface area contributed by atoms with Crippen molar-refractivity contribution < 1.29 is 28.6 Å². The number of allylic oxidation sites excluding steroid dienone is 16. The van der Waals surface area contributed by atoms with E-state index < -0.39 is 6.10 Å². The van der Waals surface area contributed by atoms with Crippen LogP contribution in [0, 0.1) is 0 Å². The lowest BCUT2D eigenvalue weighted by Crippen LogP contribution is -2.30. The van der Waals surface area contributed by atoms with Crippen LogP contribution < -0.4 is 0 Å². The lowest BCUT2D eigenvalue weighted by molar-refractivity contribution is -0.167. The van der Waals surface area contributed by atoms with Crippen molar-refractivity contribution >= 4 is 17.9 Å². The summed E-state index contributed by atoms with van der Waals surface area (Å²) in [5.41, 5.74) is 0. The van der Waals surface area contributed by atoms with Crippen LogP contribution in [0.3, 0.4) is 0 Å². The van der Waals surface area contributed by atoms with Gasteiger partial charge in [0.15, 0.2) is 6.10 Å². The SMILES string of the molecule is CC/C=C\C/C=C\C/C=C\C/C=C\C/C=C\C/C=C\CCCCCCCCCCCCC(=O)OCC(COC(=O)CCCCCCCCCCCCCC)OC(=O)CCCCCCCCC/C=C\C/C=C\CCCCCC.